The van der Waals surface area contributed by atoms with Crippen LogP contribution < -0.4 is 0 Å². The molecule has 2 rings (SSSR count). The fourth-order valence-electron chi connectivity index (χ4n) is 2.76. The van der Waals surface area contributed by atoms with Gasteiger partial charge in [0.2, 0.25) is 5.79 Å². The summed E-state index contributed by atoms with van der Waals surface area (Å²) in [7, 11) is 0. The molecular formula is C9H16O5. The van der Waals surface area contributed by atoms with Crippen LogP contribution in [0.15, 0.2) is 0 Å². The molecule has 0 radical (unpaired) electrons. The van der Waals surface area contributed by atoms with E-state index in [2.05, 4.69) is 0 Å². The van der Waals surface area contributed by atoms with Gasteiger partial charge in [0.1, 0.15) is 5.60 Å². The lowest BCUT2D eigenvalue weighted by atomic mass is 9.90. The molecule has 0 aromatic rings. The SMILES string of the molecule is CC1(C)[C@]2(O)O[C@H](CO)[C@@H](CO)[C@]12O. The van der Waals surface area contributed by atoms with E-state index in [0.29, 0.717) is 0 Å². The van der Waals surface area contributed by atoms with Gasteiger partial charge in [0.25, 0.3) is 0 Å². The van der Waals surface area contributed by atoms with E-state index in [9.17, 15) is 10.2 Å². The first kappa shape index (κ1) is 10.3. The number of rotatable bonds is 2. The van der Waals surface area contributed by atoms with Crippen molar-refractivity contribution in [1.82, 2.24) is 0 Å². The Hall–Kier alpha value is -0.200. The molecule has 0 aromatic carbocycles. The largest absolute Gasteiger partial charge is 0.396 e. The van der Waals surface area contributed by atoms with Crippen molar-refractivity contribution in [2.75, 3.05) is 13.2 Å². The van der Waals surface area contributed by atoms with Crippen molar-refractivity contribution in [2.45, 2.75) is 31.3 Å². The zero-order valence-electron chi connectivity index (χ0n) is 8.27. The van der Waals surface area contributed by atoms with E-state index in [1.165, 1.54) is 0 Å². The molecule has 0 aromatic heterocycles. The average Bonchev–Trinajstić information content (AvgIpc) is 2.42. The van der Waals surface area contributed by atoms with E-state index < -0.39 is 28.8 Å². The summed E-state index contributed by atoms with van der Waals surface area (Å²) in [5.41, 5.74) is -2.23. The topological polar surface area (TPSA) is 90.2 Å². The molecule has 0 unspecified atom stereocenters. The highest BCUT2D eigenvalue weighted by Crippen LogP contribution is 2.73. The maximum absolute atomic E-state index is 10.2. The van der Waals surface area contributed by atoms with E-state index in [4.69, 9.17) is 14.9 Å². The summed E-state index contributed by atoms with van der Waals surface area (Å²) in [6.07, 6.45) is -0.692. The number of ether oxygens (including phenoxy) is 1. The summed E-state index contributed by atoms with van der Waals surface area (Å²) < 4.78 is 5.19. The lowest BCUT2D eigenvalue weighted by molar-refractivity contribution is -0.177. The van der Waals surface area contributed by atoms with E-state index in [1.807, 2.05) is 0 Å². The Morgan fingerprint density at radius 1 is 1.14 bits per heavy atom. The number of aliphatic hydroxyl groups excluding tert-OH is 2. The lowest BCUT2D eigenvalue weighted by Crippen LogP contribution is -2.38. The molecule has 4 N–H and O–H groups in total. The molecule has 2 aliphatic rings. The molecule has 0 bridgehead atoms. The summed E-state index contributed by atoms with van der Waals surface area (Å²) in [6, 6.07) is 0. The third kappa shape index (κ3) is 0.717. The van der Waals surface area contributed by atoms with E-state index in [1.54, 1.807) is 13.8 Å². The second-order valence-corrected chi connectivity index (χ2v) is 4.66. The van der Waals surface area contributed by atoms with Crippen molar-refractivity contribution >= 4 is 0 Å². The normalized spacial score (nSPS) is 54.4. The van der Waals surface area contributed by atoms with Crippen LogP contribution in [-0.2, 0) is 4.74 Å². The van der Waals surface area contributed by atoms with Crippen LogP contribution in [0.2, 0.25) is 0 Å². The number of hydrogen-bond acceptors (Lipinski definition) is 5. The highest BCUT2D eigenvalue weighted by atomic mass is 16.7. The van der Waals surface area contributed by atoms with Crippen molar-refractivity contribution in [2.24, 2.45) is 11.3 Å². The van der Waals surface area contributed by atoms with Gasteiger partial charge in [-0.15, -0.1) is 0 Å². The van der Waals surface area contributed by atoms with Gasteiger partial charge in [-0.05, 0) is 0 Å². The van der Waals surface area contributed by atoms with Crippen molar-refractivity contribution in [1.29, 1.82) is 0 Å². The second-order valence-electron chi connectivity index (χ2n) is 4.66. The molecular weight excluding hydrogens is 188 g/mol. The smallest absolute Gasteiger partial charge is 0.204 e. The predicted molar refractivity (Wildman–Crippen MR) is 46.2 cm³/mol. The van der Waals surface area contributed by atoms with E-state index in [0.717, 1.165) is 0 Å². The van der Waals surface area contributed by atoms with E-state index in [-0.39, 0.29) is 13.2 Å². The zero-order chi connectivity index (χ0) is 10.8. The van der Waals surface area contributed by atoms with Gasteiger partial charge in [0.15, 0.2) is 0 Å². The summed E-state index contributed by atoms with van der Waals surface area (Å²) in [5.74, 6) is -2.26. The summed E-state index contributed by atoms with van der Waals surface area (Å²) >= 11 is 0. The van der Waals surface area contributed by atoms with Crippen LogP contribution in [0.25, 0.3) is 0 Å². The summed E-state index contributed by atoms with van der Waals surface area (Å²) in [6.45, 7) is 2.71. The Labute approximate surface area is 81.9 Å². The van der Waals surface area contributed by atoms with Crippen LogP contribution in [0.3, 0.4) is 0 Å². The number of hydrogen-bond donors (Lipinski definition) is 4. The molecule has 5 nitrogen and oxygen atoms in total. The fraction of sp³-hybridized carbons (Fsp3) is 1.00. The Morgan fingerprint density at radius 3 is 2.14 bits per heavy atom. The maximum atomic E-state index is 10.2. The zero-order valence-corrected chi connectivity index (χ0v) is 8.27. The Balaban J connectivity index is 2.33. The highest BCUT2D eigenvalue weighted by Gasteiger charge is 2.91. The average molecular weight is 204 g/mol. The molecule has 1 heterocycles. The Bertz CT molecular complexity index is 266. The van der Waals surface area contributed by atoms with Gasteiger partial charge in [-0.1, -0.05) is 13.8 Å². The first-order valence-electron chi connectivity index (χ1n) is 4.71. The van der Waals surface area contributed by atoms with E-state index >= 15 is 0 Å². The van der Waals surface area contributed by atoms with Crippen LogP contribution in [0, 0.1) is 11.3 Å². The monoisotopic (exact) mass is 204 g/mol. The molecule has 14 heavy (non-hydrogen) atoms. The third-order valence-electron chi connectivity index (χ3n) is 3.94. The molecule has 1 saturated heterocycles. The van der Waals surface area contributed by atoms with Gasteiger partial charge >= 0.3 is 0 Å². The van der Waals surface area contributed by atoms with Crippen molar-refractivity contribution in [3.8, 4) is 0 Å². The maximum Gasteiger partial charge on any atom is 0.204 e. The van der Waals surface area contributed by atoms with Gasteiger partial charge in [-0.3, -0.25) is 0 Å². The second kappa shape index (κ2) is 2.48. The van der Waals surface area contributed by atoms with Crippen LogP contribution in [-0.4, -0.2) is 51.1 Å². The first-order valence-corrected chi connectivity index (χ1v) is 4.71. The number of aliphatic hydroxyl groups is 4. The predicted octanol–water partition coefficient (Wildman–Crippen LogP) is -1.55. The van der Waals surface area contributed by atoms with Gasteiger partial charge in [0, 0.05) is 5.92 Å². The van der Waals surface area contributed by atoms with Crippen molar-refractivity contribution < 1.29 is 25.2 Å². The van der Waals surface area contributed by atoms with Gasteiger partial charge in [0.05, 0.1) is 24.7 Å². The standard InChI is InChI=1S/C9H16O5/c1-7(2)8(12)5(3-10)6(4-11)14-9(7,8)13/h5-6,10-13H,3-4H2,1-2H3/t5-,6-,8+,9+/m1/s1. The molecule has 0 amide bonds. The highest BCUT2D eigenvalue weighted by molar-refractivity contribution is 5.33. The van der Waals surface area contributed by atoms with Crippen molar-refractivity contribution in [3.63, 3.8) is 0 Å². The van der Waals surface area contributed by atoms with Gasteiger partial charge in [-0.2, -0.15) is 0 Å². The van der Waals surface area contributed by atoms with Gasteiger partial charge in [-0.25, -0.2) is 0 Å². The van der Waals surface area contributed by atoms with Crippen molar-refractivity contribution in [3.05, 3.63) is 0 Å². The van der Waals surface area contributed by atoms with Gasteiger partial charge < -0.3 is 25.2 Å². The first-order chi connectivity index (χ1) is 6.36. The summed E-state index contributed by atoms with van der Waals surface area (Å²) in [4.78, 5) is 0. The Kier molecular flexibility index (Phi) is 1.83. The number of fused-ring (bicyclic) bond motifs is 1. The van der Waals surface area contributed by atoms with Crippen LogP contribution in [0.1, 0.15) is 13.8 Å². The molecule has 1 aliphatic carbocycles. The molecule has 5 heteroatoms. The molecule has 1 aliphatic heterocycles. The molecule has 82 valence electrons. The minimum Gasteiger partial charge on any atom is -0.396 e. The summed E-state index contributed by atoms with van der Waals surface area (Å²) in [5, 5.41) is 38.2. The third-order valence-corrected chi connectivity index (χ3v) is 3.94. The lowest BCUT2D eigenvalue weighted by Gasteiger charge is -2.25. The quantitative estimate of drug-likeness (QED) is 0.437. The van der Waals surface area contributed by atoms with Crippen LogP contribution in [0.4, 0.5) is 0 Å². The fourth-order valence-corrected chi connectivity index (χ4v) is 2.76. The minimum absolute atomic E-state index is 0.312. The van der Waals surface area contributed by atoms with Crippen LogP contribution >= 0.6 is 0 Å². The Morgan fingerprint density at radius 2 is 1.71 bits per heavy atom. The minimum atomic E-state index is -1.62. The molecule has 0 spiro atoms. The molecule has 1 saturated carbocycles. The molecule has 4 atom stereocenters. The molecule has 2 fully saturated rings. The van der Waals surface area contributed by atoms with Crippen LogP contribution in [0.5, 0.6) is 0 Å².